The topological polar surface area (TPSA) is 101 Å². The summed E-state index contributed by atoms with van der Waals surface area (Å²) in [6.07, 6.45) is -3.42. The molecule has 2 aromatic carbocycles. The lowest BCUT2D eigenvalue weighted by Crippen LogP contribution is -2.40. The molecule has 0 aliphatic carbocycles. The average molecular weight is 429 g/mol. The Labute approximate surface area is 172 Å². The summed E-state index contributed by atoms with van der Waals surface area (Å²) in [5.41, 5.74) is 0.644. The van der Waals surface area contributed by atoms with Crippen LogP contribution in [0.5, 0.6) is 0 Å². The van der Waals surface area contributed by atoms with Crippen LogP contribution in [0.2, 0.25) is 0 Å². The highest BCUT2D eigenvalue weighted by atomic mass is 19.4. The van der Waals surface area contributed by atoms with E-state index in [2.05, 4.69) is 25.0 Å². The van der Waals surface area contributed by atoms with Crippen molar-refractivity contribution < 1.29 is 17.7 Å². The maximum Gasteiger partial charge on any atom is 0.471 e. The van der Waals surface area contributed by atoms with E-state index in [1.54, 1.807) is 42.3 Å². The molecule has 0 bridgehead atoms. The quantitative estimate of drug-likeness (QED) is 0.467. The van der Waals surface area contributed by atoms with Gasteiger partial charge in [0, 0.05) is 24.5 Å². The SMILES string of the molecule is CN(Cc1ccc(-c2noc(C(F)(F)F)n2)cn1)c1c(Nc2ccccc2)c(=O)c1=O. The van der Waals surface area contributed by atoms with Crippen molar-refractivity contribution in [3.63, 3.8) is 0 Å². The molecule has 158 valence electrons. The highest BCUT2D eigenvalue weighted by molar-refractivity contribution is 5.79. The molecule has 0 atom stereocenters. The van der Waals surface area contributed by atoms with E-state index < -0.39 is 22.9 Å². The summed E-state index contributed by atoms with van der Waals surface area (Å²) in [6, 6.07) is 12.0. The fraction of sp³-hybridized carbons (Fsp3) is 0.150. The molecule has 0 fully saturated rings. The summed E-state index contributed by atoms with van der Waals surface area (Å²) >= 11 is 0. The van der Waals surface area contributed by atoms with E-state index in [9.17, 15) is 22.8 Å². The molecule has 0 unspecified atom stereocenters. The molecule has 0 saturated carbocycles. The van der Waals surface area contributed by atoms with Crippen LogP contribution in [0.15, 0.2) is 62.8 Å². The molecule has 0 radical (unpaired) electrons. The largest absolute Gasteiger partial charge is 0.471 e. The number of nitrogens with zero attached hydrogens (tertiary/aromatic N) is 4. The zero-order valence-corrected chi connectivity index (χ0v) is 16.0. The van der Waals surface area contributed by atoms with Crippen LogP contribution >= 0.6 is 0 Å². The van der Waals surface area contributed by atoms with Crippen molar-refractivity contribution >= 4 is 17.1 Å². The number of nitrogens with one attached hydrogen (secondary N) is 1. The average Bonchev–Trinajstić information content (AvgIpc) is 3.25. The van der Waals surface area contributed by atoms with Gasteiger partial charge in [0.2, 0.25) is 5.82 Å². The molecule has 0 aliphatic rings. The summed E-state index contributed by atoms with van der Waals surface area (Å²) in [6.45, 7) is 0.189. The Kier molecular flexibility index (Phi) is 5.01. The molecule has 31 heavy (non-hydrogen) atoms. The van der Waals surface area contributed by atoms with Crippen molar-refractivity contribution in [3.8, 4) is 11.4 Å². The minimum absolute atomic E-state index is 0.189. The first-order chi connectivity index (χ1) is 14.7. The third-order valence-corrected chi connectivity index (χ3v) is 4.46. The van der Waals surface area contributed by atoms with Crippen LogP contribution in [0.1, 0.15) is 11.6 Å². The van der Waals surface area contributed by atoms with Crippen molar-refractivity contribution in [2.24, 2.45) is 0 Å². The van der Waals surface area contributed by atoms with Crippen molar-refractivity contribution in [1.82, 2.24) is 15.1 Å². The van der Waals surface area contributed by atoms with Crippen LogP contribution < -0.4 is 21.1 Å². The van der Waals surface area contributed by atoms with Crippen LogP contribution in [0.3, 0.4) is 0 Å². The van der Waals surface area contributed by atoms with Gasteiger partial charge >= 0.3 is 12.1 Å². The Balaban J connectivity index is 1.49. The van der Waals surface area contributed by atoms with Crippen LogP contribution in [0.4, 0.5) is 30.2 Å². The molecule has 0 aliphatic heterocycles. The van der Waals surface area contributed by atoms with E-state index in [1.807, 2.05) is 6.07 Å². The number of halogens is 3. The molecule has 8 nitrogen and oxygen atoms in total. The van der Waals surface area contributed by atoms with Gasteiger partial charge in [0.25, 0.3) is 10.9 Å². The standard InChI is InChI=1S/C20H14F3N5O3/c1-28(15-14(16(29)17(15)30)25-12-5-3-2-4-6-12)10-13-8-7-11(9-24-13)18-26-19(31-27-18)20(21,22)23/h2-9,25H,10H2,1H3. The Morgan fingerprint density at radius 3 is 2.42 bits per heavy atom. The maximum atomic E-state index is 12.6. The lowest BCUT2D eigenvalue weighted by molar-refractivity contribution is -0.159. The van der Waals surface area contributed by atoms with Gasteiger partial charge in [0.05, 0.1) is 12.2 Å². The van der Waals surface area contributed by atoms with Gasteiger partial charge in [-0.15, -0.1) is 0 Å². The number of alkyl halides is 3. The van der Waals surface area contributed by atoms with Crippen LogP contribution in [-0.2, 0) is 12.7 Å². The maximum absolute atomic E-state index is 12.6. The summed E-state index contributed by atoms with van der Waals surface area (Å²) in [4.78, 5) is 33.1. The summed E-state index contributed by atoms with van der Waals surface area (Å²) in [5, 5.41) is 6.26. The van der Waals surface area contributed by atoms with Crippen LogP contribution in [0.25, 0.3) is 11.4 Å². The van der Waals surface area contributed by atoms with Gasteiger partial charge in [0.15, 0.2) is 0 Å². The summed E-state index contributed by atoms with van der Waals surface area (Å²) < 4.78 is 42.0. The lowest BCUT2D eigenvalue weighted by atomic mass is 10.1. The number of aromatic nitrogens is 3. The Morgan fingerprint density at radius 2 is 1.81 bits per heavy atom. The third kappa shape index (κ3) is 4.02. The smallest absolute Gasteiger partial charge is 0.364 e. The minimum atomic E-state index is -4.73. The number of para-hydroxylation sites is 1. The number of anilines is 3. The Hall–Kier alpha value is -4.02. The Morgan fingerprint density at radius 1 is 1.06 bits per heavy atom. The molecule has 2 aromatic heterocycles. The number of hydrogen-bond acceptors (Lipinski definition) is 8. The third-order valence-electron chi connectivity index (χ3n) is 4.46. The Bertz CT molecular complexity index is 1280. The molecular formula is C20H14F3N5O3. The zero-order valence-electron chi connectivity index (χ0n) is 16.0. The molecule has 2 heterocycles. The fourth-order valence-electron chi connectivity index (χ4n) is 2.95. The van der Waals surface area contributed by atoms with E-state index in [0.717, 1.165) is 0 Å². The van der Waals surface area contributed by atoms with Gasteiger partial charge in [-0.3, -0.25) is 14.6 Å². The molecule has 4 aromatic rings. The van der Waals surface area contributed by atoms with E-state index in [-0.39, 0.29) is 29.3 Å². The molecule has 1 N–H and O–H groups in total. The van der Waals surface area contributed by atoms with Crippen molar-refractivity contribution in [1.29, 1.82) is 0 Å². The molecule has 0 amide bonds. The number of pyridine rings is 1. The van der Waals surface area contributed by atoms with Gasteiger partial charge in [-0.2, -0.15) is 18.2 Å². The molecule has 11 heteroatoms. The normalized spacial score (nSPS) is 11.6. The summed E-state index contributed by atoms with van der Waals surface area (Å²) in [5.74, 6) is -1.68. The predicted molar refractivity (Wildman–Crippen MR) is 106 cm³/mol. The first-order valence-corrected chi connectivity index (χ1v) is 8.97. The van der Waals surface area contributed by atoms with E-state index >= 15 is 0 Å². The first-order valence-electron chi connectivity index (χ1n) is 8.97. The highest BCUT2D eigenvalue weighted by Gasteiger charge is 2.38. The lowest BCUT2D eigenvalue weighted by Gasteiger charge is -2.23. The van der Waals surface area contributed by atoms with Crippen molar-refractivity contribution in [3.05, 3.63) is 80.7 Å². The molecule has 4 rings (SSSR count). The predicted octanol–water partition coefficient (Wildman–Crippen LogP) is 3.13. The van der Waals surface area contributed by atoms with Gasteiger partial charge in [-0.1, -0.05) is 23.4 Å². The minimum Gasteiger partial charge on any atom is -0.364 e. The highest BCUT2D eigenvalue weighted by Crippen LogP contribution is 2.29. The molecular weight excluding hydrogens is 415 g/mol. The molecule has 0 saturated heterocycles. The van der Waals surface area contributed by atoms with Gasteiger partial charge in [-0.25, -0.2) is 0 Å². The van der Waals surface area contributed by atoms with Gasteiger partial charge < -0.3 is 14.7 Å². The first kappa shape index (κ1) is 20.3. The van der Waals surface area contributed by atoms with E-state index in [4.69, 9.17) is 0 Å². The number of benzene rings is 1. The second-order valence-electron chi connectivity index (χ2n) is 6.69. The second-order valence-corrected chi connectivity index (χ2v) is 6.69. The van der Waals surface area contributed by atoms with Crippen LogP contribution in [-0.4, -0.2) is 22.2 Å². The monoisotopic (exact) mass is 429 g/mol. The number of rotatable bonds is 6. The summed E-state index contributed by atoms with van der Waals surface area (Å²) in [7, 11) is 1.64. The van der Waals surface area contributed by atoms with Gasteiger partial charge in [-0.05, 0) is 24.3 Å². The number of hydrogen-bond donors (Lipinski definition) is 1. The van der Waals surface area contributed by atoms with E-state index in [0.29, 0.717) is 11.4 Å². The molecule has 0 spiro atoms. The van der Waals surface area contributed by atoms with Crippen LogP contribution in [0, 0.1) is 0 Å². The van der Waals surface area contributed by atoms with Crippen molar-refractivity contribution in [2.75, 3.05) is 17.3 Å². The second kappa shape index (κ2) is 7.67. The van der Waals surface area contributed by atoms with E-state index in [1.165, 1.54) is 12.3 Å². The fourth-order valence-corrected chi connectivity index (χ4v) is 2.95. The van der Waals surface area contributed by atoms with Crippen molar-refractivity contribution in [2.45, 2.75) is 12.7 Å². The zero-order chi connectivity index (χ0) is 22.2. The van der Waals surface area contributed by atoms with Gasteiger partial charge in [0.1, 0.15) is 11.4 Å².